The van der Waals surface area contributed by atoms with Crippen LogP contribution in [0.1, 0.15) is 36.0 Å². The molecule has 2 heterocycles. The molecule has 2 aliphatic rings. The number of hydrogen-bond acceptors (Lipinski definition) is 4. The molecule has 142 valence electrons. The Labute approximate surface area is 161 Å². The van der Waals surface area contributed by atoms with Crippen molar-refractivity contribution in [2.45, 2.75) is 30.6 Å². The van der Waals surface area contributed by atoms with E-state index in [2.05, 4.69) is 21.2 Å². The summed E-state index contributed by atoms with van der Waals surface area (Å²) < 4.78 is 27.3. The number of benzene rings is 1. The molecule has 0 bridgehead atoms. The number of amides is 2. The largest absolute Gasteiger partial charge is 0.343 e. The fraction of sp³-hybridized carbons (Fsp3) is 0.529. The van der Waals surface area contributed by atoms with Gasteiger partial charge >= 0.3 is 0 Å². The van der Waals surface area contributed by atoms with Gasteiger partial charge in [0.1, 0.15) is 0 Å². The molecular weight excluding hydrogens is 422 g/mol. The molecule has 7 nitrogen and oxygen atoms in total. The van der Waals surface area contributed by atoms with Crippen molar-refractivity contribution in [2.75, 3.05) is 32.7 Å². The molecule has 2 amide bonds. The highest BCUT2D eigenvalue weighted by atomic mass is 79.9. The molecule has 0 aliphatic carbocycles. The van der Waals surface area contributed by atoms with Crippen molar-refractivity contribution in [3.63, 3.8) is 0 Å². The van der Waals surface area contributed by atoms with E-state index >= 15 is 0 Å². The lowest BCUT2D eigenvalue weighted by Gasteiger charge is -2.17. The number of sulfonamides is 1. The molecule has 26 heavy (non-hydrogen) atoms. The first-order chi connectivity index (χ1) is 12.4. The summed E-state index contributed by atoms with van der Waals surface area (Å²) in [7, 11) is -3.60. The Morgan fingerprint density at radius 3 is 2.31 bits per heavy atom. The predicted molar refractivity (Wildman–Crippen MR) is 100 cm³/mol. The van der Waals surface area contributed by atoms with Crippen molar-refractivity contribution in [3.8, 4) is 0 Å². The smallest absolute Gasteiger partial charge is 0.252 e. The highest BCUT2D eigenvalue weighted by Gasteiger charge is 2.28. The molecule has 0 atom stereocenters. The SMILES string of the molecule is O=C(NCC(=O)N1CCCC1)c1cc(S(=O)(=O)N2CCCC2)ccc1Br. The van der Waals surface area contributed by atoms with Gasteiger partial charge in [0.25, 0.3) is 5.91 Å². The van der Waals surface area contributed by atoms with E-state index in [0.717, 1.165) is 38.8 Å². The number of hydrogen-bond donors (Lipinski definition) is 1. The zero-order valence-corrected chi connectivity index (χ0v) is 16.8. The monoisotopic (exact) mass is 443 g/mol. The third-order valence-corrected chi connectivity index (χ3v) is 7.33. The summed E-state index contributed by atoms with van der Waals surface area (Å²) >= 11 is 3.29. The Morgan fingerprint density at radius 2 is 1.65 bits per heavy atom. The van der Waals surface area contributed by atoms with Gasteiger partial charge in [0, 0.05) is 30.7 Å². The van der Waals surface area contributed by atoms with Crippen LogP contribution in [0.4, 0.5) is 0 Å². The molecular formula is C17H22BrN3O4S. The van der Waals surface area contributed by atoms with Crippen LogP contribution in [-0.2, 0) is 14.8 Å². The van der Waals surface area contributed by atoms with E-state index in [1.807, 2.05) is 0 Å². The fourth-order valence-electron chi connectivity index (χ4n) is 3.25. The fourth-order valence-corrected chi connectivity index (χ4v) is 5.22. The number of rotatable bonds is 5. The Kier molecular flexibility index (Phi) is 5.99. The Morgan fingerprint density at radius 1 is 1.04 bits per heavy atom. The molecule has 0 unspecified atom stereocenters. The summed E-state index contributed by atoms with van der Waals surface area (Å²) in [6.45, 7) is 2.37. The minimum absolute atomic E-state index is 0.0889. The Hall–Kier alpha value is -1.45. The topological polar surface area (TPSA) is 86.8 Å². The molecule has 1 aromatic carbocycles. The van der Waals surface area contributed by atoms with Crippen molar-refractivity contribution in [3.05, 3.63) is 28.2 Å². The van der Waals surface area contributed by atoms with Gasteiger partial charge in [-0.2, -0.15) is 4.31 Å². The average molecular weight is 444 g/mol. The van der Waals surface area contributed by atoms with Gasteiger partial charge in [0.2, 0.25) is 15.9 Å². The first-order valence-corrected chi connectivity index (χ1v) is 11.0. The van der Waals surface area contributed by atoms with Crippen molar-refractivity contribution in [1.29, 1.82) is 0 Å². The van der Waals surface area contributed by atoms with Gasteiger partial charge in [0.15, 0.2) is 0 Å². The summed E-state index contributed by atoms with van der Waals surface area (Å²) in [5, 5.41) is 2.60. The van der Waals surface area contributed by atoms with Crippen LogP contribution in [0, 0.1) is 0 Å². The standard InChI is InChI=1S/C17H22BrN3O4S/c18-15-6-5-13(26(24,25)21-9-3-4-10-21)11-14(15)17(23)19-12-16(22)20-7-1-2-8-20/h5-6,11H,1-4,7-10,12H2,(H,19,23). The van der Waals surface area contributed by atoms with E-state index in [4.69, 9.17) is 0 Å². The zero-order valence-electron chi connectivity index (χ0n) is 14.4. The summed E-state index contributed by atoms with van der Waals surface area (Å²) in [5.41, 5.74) is 0.208. The van der Waals surface area contributed by atoms with Gasteiger partial charge in [-0.05, 0) is 59.8 Å². The van der Waals surface area contributed by atoms with Gasteiger partial charge < -0.3 is 10.2 Å². The molecule has 0 saturated carbocycles. The molecule has 2 saturated heterocycles. The molecule has 1 N–H and O–H groups in total. The van der Waals surface area contributed by atoms with E-state index in [-0.39, 0.29) is 22.9 Å². The van der Waals surface area contributed by atoms with Crippen molar-refractivity contribution in [2.24, 2.45) is 0 Å². The number of nitrogens with zero attached hydrogens (tertiary/aromatic N) is 2. The van der Waals surface area contributed by atoms with Crippen LogP contribution < -0.4 is 5.32 Å². The number of nitrogens with one attached hydrogen (secondary N) is 1. The van der Waals surface area contributed by atoms with Gasteiger partial charge in [-0.25, -0.2) is 8.42 Å². The summed E-state index contributed by atoms with van der Waals surface area (Å²) in [6.07, 6.45) is 3.67. The second kappa shape index (κ2) is 8.06. The zero-order chi connectivity index (χ0) is 18.7. The maximum Gasteiger partial charge on any atom is 0.252 e. The second-order valence-electron chi connectivity index (χ2n) is 6.52. The molecule has 2 aliphatic heterocycles. The number of halogens is 1. The molecule has 0 radical (unpaired) electrons. The minimum atomic E-state index is -3.60. The van der Waals surface area contributed by atoms with E-state index in [1.54, 1.807) is 11.0 Å². The normalized spacial score (nSPS) is 18.3. The van der Waals surface area contributed by atoms with Crippen molar-refractivity contribution >= 4 is 37.8 Å². The first kappa shape index (κ1) is 19.3. The maximum atomic E-state index is 12.7. The van der Waals surface area contributed by atoms with Crippen LogP contribution in [0.15, 0.2) is 27.6 Å². The molecule has 3 rings (SSSR count). The van der Waals surface area contributed by atoms with Crippen molar-refractivity contribution < 1.29 is 18.0 Å². The van der Waals surface area contributed by atoms with Crippen LogP contribution in [0.5, 0.6) is 0 Å². The Balaban J connectivity index is 1.72. The van der Waals surface area contributed by atoms with E-state index in [9.17, 15) is 18.0 Å². The quantitative estimate of drug-likeness (QED) is 0.748. The first-order valence-electron chi connectivity index (χ1n) is 8.75. The average Bonchev–Trinajstić information content (AvgIpc) is 3.33. The van der Waals surface area contributed by atoms with Gasteiger partial charge in [0.05, 0.1) is 17.0 Å². The Bertz CT molecular complexity index is 800. The van der Waals surface area contributed by atoms with Gasteiger partial charge in [-0.3, -0.25) is 9.59 Å². The lowest BCUT2D eigenvalue weighted by molar-refractivity contribution is -0.129. The lowest BCUT2D eigenvalue weighted by atomic mass is 10.2. The van der Waals surface area contributed by atoms with Crippen LogP contribution in [-0.4, -0.2) is 62.2 Å². The molecule has 0 spiro atoms. The van der Waals surface area contributed by atoms with Crippen molar-refractivity contribution in [1.82, 2.24) is 14.5 Å². The minimum Gasteiger partial charge on any atom is -0.343 e. The van der Waals surface area contributed by atoms with Crippen LogP contribution in [0.25, 0.3) is 0 Å². The third kappa shape index (κ3) is 4.10. The maximum absolute atomic E-state index is 12.7. The predicted octanol–water partition coefficient (Wildman–Crippen LogP) is 1.59. The van der Waals surface area contributed by atoms with Crippen LogP contribution in [0.3, 0.4) is 0 Å². The van der Waals surface area contributed by atoms with E-state index < -0.39 is 15.9 Å². The number of carbonyl (C=O) groups is 2. The molecule has 1 aromatic rings. The summed E-state index contributed by atoms with van der Waals surface area (Å²) in [4.78, 5) is 26.3. The van der Waals surface area contributed by atoms with Crippen LogP contribution in [0.2, 0.25) is 0 Å². The highest BCUT2D eigenvalue weighted by Crippen LogP contribution is 2.25. The number of carbonyl (C=O) groups excluding carboxylic acids is 2. The lowest BCUT2D eigenvalue weighted by Crippen LogP contribution is -2.38. The second-order valence-corrected chi connectivity index (χ2v) is 9.32. The van der Waals surface area contributed by atoms with Gasteiger partial charge in [-0.1, -0.05) is 0 Å². The van der Waals surface area contributed by atoms with E-state index in [0.29, 0.717) is 17.6 Å². The molecule has 2 fully saturated rings. The van der Waals surface area contributed by atoms with E-state index in [1.165, 1.54) is 16.4 Å². The van der Waals surface area contributed by atoms with Gasteiger partial charge in [-0.15, -0.1) is 0 Å². The number of likely N-dealkylation sites (tertiary alicyclic amines) is 1. The summed E-state index contributed by atoms with van der Waals surface area (Å²) in [6, 6.07) is 4.41. The molecule has 9 heteroatoms. The van der Waals surface area contributed by atoms with Crippen LogP contribution >= 0.6 is 15.9 Å². The third-order valence-electron chi connectivity index (χ3n) is 4.74. The highest BCUT2D eigenvalue weighted by molar-refractivity contribution is 9.10. The summed E-state index contributed by atoms with van der Waals surface area (Å²) in [5.74, 6) is -0.587. The molecule has 0 aromatic heterocycles.